The van der Waals surface area contributed by atoms with Crippen LogP contribution in [0, 0.1) is 5.92 Å². The molecule has 1 N–H and O–H groups in total. The van der Waals surface area contributed by atoms with Gasteiger partial charge in [-0.05, 0) is 54.4 Å². The maximum absolute atomic E-state index is 13.3. The summed E-state index contributed by atoms with van der Waals surface area (Å²) in [6.45, 7) is 3.02. The smallest absolute Gasteiger partial charge is 0.225 e. The first-order chi connectivity index (χ1) is 15.2. The molecular weight excluding hydrogens is 390 g/mol. The molecule has 2 aliphatic heterocycles. The monoisotopic (exact) mass is 417 g/mol. The molecule has 3 heterocycles. The minimum absolute atomic E-state index is 0.0810. The third-order valence-corrected chi connectivity index (χ3v) is 6.42. The van der Waals surface area contributed by atoms with E-state index in [0.29, 0.717) is 6.54 Å². The summed E-state index contributed by atoms with van der Waals surface area (Å²) in [6, 6.07) is 20.5. The van der Waals surface area contributed by atoms with Gasteiger partial charge < -0.3 is 24.3 Å². The van der Waals surface area contributed by atoms with Gasteiger partial charge in [-0.15, -0.1) is 0 Å². The molecule has 0 spiro atoms. The number of benzene rings is 2. The molecule has 0 aliphatic carbocycles. The second-order valence-electron chi connectivity index (χ2n) is 8.14. The van der Waals surface area contributed by atoms with E-state index in [4.69, 9.17) is 9.15 Å². The lowest BCUT2D eigenvalue weighted by Gasteiger charge is -2.49. The summed E-state index contributed by atoms with van der Waals surface area (Å²) in [5.41, 5.74) is 3.67. The first kappa shape index (κ1) is 19.5. The van der Waals surface area contributed by atoms with Gasteiger partial charge in [0.25, 0.3) is 0 Å². The van der Waals surface area contributed by atoms with Crippen molar-refractivity contribution >= 4 is 17.3 Å². The number of hydrogen-bond donors (Lipinski definition) is 1. The van der Waals surface area contributed by atoms with E-state index in [0.717, 1.165) is 43.3 Å². The number of anilines is 2. The van der Waals surface area contributed by atoms with E-state index in [1.807, 2.05) is 24.3 Å². The van der Waals surface area contributed by atoms with Gasteiger partial charge in [0.1, 0.15) is 11.5 Å². The van der Waals surface area contributed by atoms with E-state index in [2.05, 4.69) is 51.5 Å². The van der Waals surface area contributed by atoms with Gasteiger partial charge in [-0.2, -0.15) is 0 Å². The predicted octanol–water partition coefficient (Wildman–Crippen LogP) is 3.47. The third-order valence-electron chi connectivity index (χ3n) is 6.42. The second-order valence-corrected chi connectivity index (χ2v) is 8.14. The first-order valence-electron chi connectivity index (χ1n) is 10.8. The van der Waals surface area contributed by atoms with Crippen LogP contribution in [0.1, 0.15) is 11.3 Å². The lowest BCUT2D eigenvalue weighted by atomic mass is 9.83. The van der Waals surface area contributed by atoms with Crippen LogP contribution in [0.4, 0.5) is 11.4 Å². The predicted molar refractivity (Wildman–Crippen MR) is 121 cm³/mol. The Hall–Kier alpha value is -3.41. The summed E-state index contributed by atoms with van der Waals surface area (Å²) in [5, 5.41) is 3.09. The summed E-state index contributed by atoms with van der Waals surface area (Å²) < 4.78 is 10.7. The highest BCUT2D eigenvalue weighted by Crippen LogP contribution is 2.37. The van der Waals surface area contributed by atoms with Gasteiger partial charge in [0.05, 0.1) is 31.9 Å². The lowest BCUT2D eigenvalue weighted by Crippen LogP contribution is -2.61. The number of rotatable bonds is 5. The molecule has 2 aliphatic rings. The van der Waals surface area contributed by atoms with Crippen LogP contribution in [0.25, 0.3) is 0 Å². The maximum Gasteiger partial charge on any atom is 0.225 e. The van der Waals surface area contributed by atoms with Crippen LogP contribution in [-0.4, -0.2) is 38.7 Å². The number of nitrogens with zero attached hydrogens (tertiary/aromatic N) is 2. The number of hydrogen-bond acceptors (Lipinski definition) is 5. The first-order valence-corrected chi connectivity index (χ1v) is 10.8. The minimum Gasteiger partial charge on any atom is -0.497 e. The Bertz CT molecular complexity index is 1030. The van der Waals surface area contributed by atoms with Crippen molar-refractivity contribution in [1.82, 2.24) is 5.32 Å². The Morgan fingerprint density at radius 2 is 1.94 bits per heavy atom. The summed E-state index contributed by atoms with van der Waals surface area (Å²) in [4.78, 5) is 18.1. The standard InChI is InChI=1S/C25H27N3O3/c1-30-20-10-8-19(9-11-20)27-12-13-28-23-7-3-2-5-18(23)15-22(24(28)17-27)25(29)26-16-21-6-4-14-31-21/h2-11,14,22,24H,12-13,15-17H2,1H3,(H,26,29)/t22-,24+/m0/s1. The zero-order chi connectivity index (χ0) is 21.2. The van der Waals surface area contributed by atoms with Crippen molar-refractivity contribution in [3.63, 3.8) is 0 Å². The molecule has 31 heavy (non-hydrogen) atoms. The Balaban J connectivity index is 1.39. The normalized spacial score (nSPS) is 20.0. The number of carbonyl (C=O) groups excluding carboxylic acids is 1. The molecule has 1 amide bonds. The summed E-state index contributed by atoms with van der Waals surface area (Å²) in [5.74, 6) is 1.58. The molecule has 160 valence electrons. The molecule has 0 bridgehead atoms. The van der Waals surface area contributed by atoms with Crippen LogP contribution in [-0.2, 0) is 17.8 Å². The fraction of sp³-hybridized carbons (Fsp3) is 0.320. The molecule has 6 nitrogen and oxygen atoms in total. The quantitative estimate of drug-likeness (QED) is 0.689. The van der Waals surface area contributed by atoms with E-state index in [1.165, 1.54) is 11.3 Å². The van der Waals surface area contributed by atoms with E-state index in [1.54, 1.807) is 13.4 Å². The van der Waals surface area contributed by atoms with Gasteiger partial charge in [0.15, 0.2) is 0 Å². The van der Waals surface area contributed by atoms with Crippen molar-refractivity contribution < 1.29 is 13.9 Å². The van der Waals surface area contributed by atoms with Crippen molar-refractivity contribution in [2.45, 2.75) is 19.0 Å². The molecule has 1 aromatic heterocycles. The average molecular weight is 418 g/mol. The zero-order valence-electron chi connectivity index (χ0n) is 17.7. The van der Waals surface area contributed by atoms with Crippen molar-refractivity contribution in [2.24, 2.45) is 5.92 Å². The highest BCUT2D eigenvalue weighted by atomic mass is 16.5. The van der Waals surface area contributed by atoms with Crippen LogP contribution in [0.2, 0.25) is 0 Å². The van der Waals surface area contributed by atoms with Gasteiger partial charge in [-0.1, -0.05) is 18.2 Å². The molecule has 1 fully saturated rings. The summed E-state index contributed by atoms with van der Waals surface area (Å²) >= 11 is 0. The SMILES string of the molecule is COc1ccc(N2CCN3c4ccccc4C[C@H](C(=O)NCc4ccco4)[C@H]3C2)cc1. The molecule has 1 saturated heterocycles. The Labute approximate surface area is 182 Å². The number of nitrogens with one attached hydrogen (secondary N) is 1. The molecule has 2 atom stereocenters. The van der Waals surface area contributed by atoms with Crippen molar-refractivity contribution in [1.29, 1.82) is 0 Å². The largest absolute Gasteiger partial charge is 0.497 e. The highest BCUT2D eigenvalue weighted by molar-refractivity contribution is 5.82. The second kappa shape index (κ2) is 8.38. The van der Waals surface area contributed by atoms with E-state index in [-0.39, 0.29) is 17.9 Å². The maximum atomic E-state index is 13.3. The molecule has 0 saturated carbocycles. The number of piperazine rings is 1. The number of fused-ring (bicyclic) bond motifs is 3. The van der Waals surface area contributed by atoms with Crippen molar-refractivity contribution in [3.05, 3.63) is 78.3 Å². The lowest BCUT2D eigenvalue weighted by molar-refractivity contribution is -0.126. The van der Waals surface area contributed by atoms with E-state index < -0.39 is 0 Å². The molecular formula is C25H27N3O3. The van der Waals surface area contributed by atoms with Crippen LogP contribution >= 0.6 is 0 Å². The van der Waals surface area contributed by atoms with Gasteiger partial charge in [-0.25, -0.2) is 0 Å². The molecule has 3 aromatic rings. The Morgan fingerprint density at radius 1 is 1.10 bits per heavy atom. The average Bonchev–Trinajstić information content (AvgIpc) is 3.35. The fourth-order valence-electron chi connectivity index (χ4n) is 4.80. The Kier molecular flexibility index (Phi) is 5.28. The fourth-order valence-corrected chi connectivity index (χ4v) is 4.80. The third kappa shape index (κ3) is 3.85. The molecule has 0 radical (unpaired) electrons. The number of amides is 1. The van der Waals surface area contributed by atoms with Gasteiger partial charge in [-0.3, -0.25) is 4.79 Å². The number of ether oxygens (including phenoxy) is 1. The molecule has 5 rings (SSSR count). The minimum atomic E-state index is -0.120. The molecule has 6 heteroatoms. The Morgan fingerprint density at radius 3 is 2.71 bits per heavy atom. The van der Waals surface area contributed by atoms with Gasteiger partial charge in [0.2, 0.25) is 5.91 Å². The zero-order valence-corrected chi connectivity index (χ0v) is 17.7. The molecule has 2 aromatic carbocycles. The van der Waals surface area contributed by atoms with Crippen LogP contribution in [0.3, 0.4) is 0 Å². The van der Waals surface area contributed by atoms with Crippen molar-refractivity contribution in [3.8, 4) is 5.75 Å². The van der Waals surface area contributed by atoms with E-state index in [9.17, 15) is 4.79 Å². The number of carbonyl (C=O) groups is 1. The number of para-hydroxylation sites is 1. The number of methoxy groups -OCH3 is 1. The van der Waals surface area contributed by atoms with Crippen molar-refractivity contribution in [2.75, 3.05) is 36.5 Å². The van der Waals surface area contributed by atoms with Gasteiger partial charge >= 0.3 is 0 Å². The number of furan rings is 1. The van der Waals surface area contributed by atoms with E-state index >= 15 is 0 Å². The molecule has 0 unspecified atom stereocenters. The van der Waals surface area contributed by atoms with Crippen LogP contribution in [0.5, 0.6) is 5.75 Å². The van der Waals surface area contributed by atoms with Crippen LogP contribution < -0.4 is 19.9 Å². The summed E-state index contributed by atoms with van der Waals surface area (Å²) in [6.07, 6.45) is 2.38. The van der Waals surface area contributed by atoms with Gasteiger partial charge in [0, 0.05) is 31.0 Å². The highest BCUT2D eigenvalue weighted by Gasteiger charge is 2.41. The topological polar surface area (TPSA) is 58.0 Å². The summed E-state index contributed by atoms with van der Waals surface area (Å²) in [7, 11) is 1.68. The van der Waals surface area contributed by atoms with Crippen LogP contribution in [0.15, 0.2) is 71.3 Å².